The SMILES string of the molecule is CC(C)OCC1(CN2CC3CCCC32)CC1. The molecule has 2 unspecified atom stereocenters. The molecule has 2 saturated carbocycles. The van der Waals surface area contributed by atoms with Crippen molar-refractivity contribution in [3.63, 3.8) is 0 Å². The van der Waals surface area contributed by atoms with Crippen LogP contribution >= 0.6 is 0 Å². The van der Waals surface area contributed by atoms with Crippen LogP contribution in [0.4, 0.5) is 0 Å². The van der Waals surface area contributed by atoms with Gasteiger partial charge in [0.1, 0.15) is 0 Å². The Morgan fingerprint density at radius 3 is 2.75 bits per heavy atom. The molecule has 2 heteroatoms. The Balaban J connectivity index is 1.47. The molecular weight excluding hydrogens is 198 g/mol. The lowest BCUT2D eigenvalue weighted by atomic mass is 9.90. The Hall–Kier alpha value is -0.0800. The van der Waals surface area contributed by atoms with Gasteiger partial charge in [-0.2, -0.15) is 0 Å². The Kier molecular flexibility index (Phi) is 2.75. The van der Waals surface area contributed by atoms with Gasteiger partial charge in [0.2, 0.25) is 0 Å². The van der Waals surface area contributed by atoms with Crippen LogP contribution in [0.3, 0.4) is 0 Å². The van der Waals surface area contributed by atoms with Gasteiger partial charge in [-0.15, -0.1) is 0 Å². The molecule has 1 saturated heterocycles. The minimum Gasteiger partial charge on any atom is -0.378 e. The van der Waals surface area contributed by atoms with Gasteiger partial charge in [-0.25, -0.2) is 0 Å². The van der Waals surface area contributed by atoms with Gasteiger partial charge in [-0.05, 0) is 45.4 Å². The maximum atomic E-state index is 5.82. The van der Waals surface area contributed by atoms with Crippen molar-refractivity contribution in [3.05, 3.63) is 0 Å². The van der Waals surface area contributed by atoms with Gasteiger partial charge in [0.25, 0.3) is 0 Å². The van der Waals surface area contributed by atoms with Crippen molar-refractivity contribution in [1.82, 2.24) is 4.90 Å². The largest absolute Gasteiger partial charge is 0.378 e. The van der Waals surface area contributed by atoms with Crippen molar-refractivity contribution in [3.8, 4) is 0 Å². The molecule has 0 amide bonds. The molecule has 1 aliphatic heterocycles. The first-order valence-electron chi connectivity index (χ1n) is 7.04. The molecule has 3 rings (SSSR count). The van der Waals surface area contributed by atoms with E-state index in [4.69, 9.17) is 4.74 Å². The number of rotatable bonds is 5. The lowest BCUT2D eigenvalue weighted by molar-refractivity contribution is -0.0158. The van der Waals surface area contributed by atoms with E-state index in [1.165, 1.54) is 45.2 Å². The highest BCUT2D eigenvalue weighted by molar-refractivity contribution is 5.03. The van der Waals surface area contributed by atoms with Gasteiger partial charge in [-0.3, -0.25) is 4.90 Å². The predicted molar refractivity (Wildman–Crippen MR) is 65.5 cm³/mol. The van der Waals surface area contributed by atoms with Crippen LogP contribution in [-0.4, -0.2) is 36.7 Å². The molecule has 0 aromatic rings. The van der Waals surface area contributed by atoms with Gasteiger partial charge in [0, 0.05) is 24.5 Å². The number of likely N-dealkylation sites (tertiary alicyclic amines) is 1. The van der Waals surface area contributed by atoms with Gasteiger partial charge in [0.15, 0.2) is 0 Å². The van der Waals surface area contributed by atoms with Gasteiger partial charge >= 0.3 is 0 Å². The summed E-state index contributed by atoms with van der Waals surface area (Å²) in [6, 6.07) is 0.955. The van der Waals surface area contributed by atoms with Crippen molar-refractivity contribution < 1.29 is 4.74 Å². The molecule has 0 N–H and O–H groups in total. The zero-order chi connectivity index (χ0) is 11.2. The Morgan fingerprint density at radius 2 is 2.12 bits per heavy atom. The summed E-state index contributed by atoms with van der Waals surface area (Å²) in [7, 11) is 0. The van der Waals surface area contributed by atoms with E-state index in [0.717, 1.165) is 18.6 Å². The van der Waals surface area contributed by atoms with Crippen molar-refractivity contribution >= 4 is 0 Å². The highest BCUT2D eigenvalue weighted by Crippen LogP contribution is 2.50. The smallest absolute Gasteiger partial charge is 0.0538 e. The van der Waals surface area contributed by atoms with Crippen molar-refractivity contribution in [2.45, 2.75) is 58.1 Å². The number of fused-ring (bicyclic) bond motifs is 1. The summed E-state index contributed by atoms with van der Waals surface area (Å²) in [4.78, 5) is 2.74. The lowest BCUT2D eigenvalue weighted by Crippen LogP contribution is -2.55. The lowest BCUT2D eigenvalue weighted by Gasteiger charge is -2.46. The van der Waals surface area contributed by atoms with E-state index in [2.05, 4.69) is 18.7 Å². The highest BCUT2D eigenvalue weighted by atomic mass is 16.5. The van der Waals surface area contributed by atoms with Gasteiger partial charge in [-0.1, -0.05) is 6.42 Å². The second-order valence-electron chi connectivity index (χ2n) is 6.55. The average Bonchev–Trinajstić information content (AvgIpc) is 2.90. The number of hydrogen-bond donors (Lipinski definition) is 0. The molecule has 2 aliphatic carbocycles. The predicted octanol–water partition coefficient (Wildman–Crippen LogP) is 2.68. The molecule has 92 valence electrons. The minimum absolute atomic E-state index is 0.396. The number of hydrogen-bond acceptors (Lipinski definition) is 2. The molecule has 1 heterocycles. The third-order valence-corrected chi connectivity index (χ3v) is 4.78. The second-order valence-corrected chi connectivity index (χ2v) is 6.55. The summed E-state index contributed by atoms with van der Waals surface area (Å²) >= 11 is 0. The van der Waals surface area contributed by atoms with Crippen LogP contribution in [0.2, 0.25) is 0 Å². The molecular formula is C14H25NO. The highest BCUT2D eigenvalue weighted by Gasteiger charge is 2.50. The van der Waals surface area contributed by atoms with Gasteiger partial charge < -0.3 is 4.74 Å². The van der Waals surface area contributed by atoms with E-state index >= 15 is 0 Å². The molecule has 16 heavy (non-hydrogen) atoms. The molecule has 0 radical (unpaired) electrons. The average molecular weight is 223 g/mol. The molecule has 0 spiro atoms. The summed E-state index contributed by atoms with van der Waals surface area (Å²) in [5, 5.41) is 0. The van der Waals surface area contributed by atoms with Crippen LogP contribution in [0.25, 0.3) is 0 Å². The first-order valence-corrected chi connectivity index (χ1v) is 7.04. The molecule has 0 bridgehead atoms. The van der Waals surface area contributed by atoms with Crippen LogP contribution in [0, 0.1) is 11.3 Å². The fourth-order valence-electron chi connectivity index (χ4n) is 3.49. The topological polar surface area (TPSA) is 12.5 Å². The minimum atomic E-state index is 0.396. The quantitative estimate of drug-likeness (QED) is 0.710. The van der Waals surface area contributed by atoms with E-state index in [1.54, 1.807) is 0 Å². The van der Waals surface area contributed by atoms with Crippen LogP contribution < -0.4 is 0 Å². The van der Waals surface area contributed by atoms with Crippen molar-refractivity contribution in [2.24, 2.45) is 11.3 Å². The van der Waals surface area contributed by atoms with Crippen LogP contribution in [-0.2, 0) is 4.74 Å². The normalized spacial score (nSPS) is 36.2. The third-order valence-electron chi connectivity index (χ3n) is 4.78. The van der Waals surface area contributed by atoms with Crippen LogP contribution in [0.5, 0.6) is 0 Å². The molecule has 3 aliphatic rings. The second kappa shape index (κ2) is 3.99. The zero-order valence-corrected chi connectivity index (χ0v) is 10.7. The number of ether oxygens (including phenoxy) is 1. The summed E-state index contributed by atoms with van der Waals surface area (Å²) < 4.78 is 5.82. The fraction of sp³-hybridized carbons (Fsp3) is 1.00. The maximum Gasteiger partial charge on any atom is 0.0538 e. The Bertz CT molecular complexity index is 259. The summed E-state index contributed by atoms with van der Waals surface area (Å²) in [6.07, 6.45) is 7.62. The van der Waals surface area contributed by atoms with Crippen LogP contribution in [0.1, 0.15) is 46.0 Å². The maximum absolute atomic E-state index is 5.82. The van der Waals surface area contributed by atoms with E-state index in [9.17, 15) is 0 Å². The Morgan fingerprint density at radius 1 is 1.31 bits per heavy atom. The van der Waals surface area contributed by atoms with E-state index in [1.807, 2.05) is 0 Å². The van der Waals surface area contributed by atoms with Crippen LogP contribution in [0.15, 0.2) is 0 Å². The standard InChI is InChI=1S/C14H25NO/c1-11(2)16-10-14(6-7-14)9-15-8-12-4-3-5-13(12)15/h11-13H,3-10H2,1-2H3. The number of nitrogens with zero attached hydrogens (tertiary/aromatic N) is 1. The summed E-state index contributed by atoms with van der Waals surface area (Å²) in [6.45, 7) is 7.99. The zero-order valence-electron chi connectivity index (χ0n) is 10.7. The molecule has 0 aromatic carbocycles. The molecule has 2 atom stereocenters. The van der Waals surface area contributed by atoms with E-state index in [-0.39, 0.29) is 0 Å². The summed E-state index contributed by atoms with van der Waals surface area (Å²) in [5.74, 6) is 1.06. The molecule has 0 aromatic heterocycles. The third kappa shape index (κ3) is 2.02. The van der Waals surface area contributed by atoms with Crippen molar-refractivity contribution in [1.29, 1.82) is 0 Å². The Labute approximate surface area is 99.3 Å². The summed E-state index contributed by atoms with van der Waals surface area (Å²) in [5.41, 5.74) is 0.553. The first-order chi connectivity index (χ1) is 7.69. The molecule has 2 nitrogen and oxygen atoms in total. The molecule has 3 fully saturated rings. The first kappa shape index (κ1) is 11.0. The monoisotopic (exact) mass is 223 g/mol. The van der Waals surface area contributed by atoms with Crippen molar-refractivity contribution in [2.75, 3.05) is 19.7 Å². The van der Waals surface area contributed by atoms with E-state index < -0.39 is 0 Å². The van der Waals surface area contributed by atoms with E-state index in [0.29, 0.717) is 11.5 Å². The fourth-order valence-corrected chi connectivity index (χ4v) is 3.49. The van der Waals surface area contributed by atoms with Gasteiger partial charge in [0.05, 0.1) is 12.7 Å².